The van der Waals surface area contributed by atoms with E-state index < -0.39 is 5.41 Å². The summed E-state index contributed by atoms with van der Waals surface area (Å²) >= 11 is 0. The Balaban J connectivity index is 1.32. The second-order valence-corrected chi connectivity index (χ2v) is 9.24. The van der Waals surface area contributed by atoms with Gasteiger partial charge >= 0.3 is 0 Å². The summed E-state index contributed by atoms with van der Waals surface area (Å²) in [6.45, 7) is 1.53. The first-order valence-corrected chi connectivity index (χ1v) is 11.6. The fourth-order valence-electron chi connectivity index (χ4n) is 4.16. The molecule has 2 fully saturated rings. The third kappa shape index (κ3) is 4.90. The predicted octanol–water partition coefficient (Wildman–Crippen LogP) is 4.26. The number of nitrogens with zero attached hydrogens (tertiary/aromatic N) is 2. The number of rotatable bonds is 7. The number of benzene rings is 2. The van der Waals surface area contributed by atoms with Crippen molar-refractivity contribution in [1.82, 2.24) is 10.6 Å². The standard InChI is InChI=1S/C26H27N5O2/c27-16-26(9-10-26)15-23(32)18-3-1-4-20(13-18)30-22-8-7-19(14-21(22)17-5-6-17)24(33)31-25-28-11-2-12-29-25/h1,3-4,7-8,13-14,17,30H,2,5-6,9-12,15H2,(H2,28,29,31,33). The van der Waals surface area contributed by atoms with Gasteiger partial charge in [-0.15, -0.1) is 0 Å². The van der Waals surface area contributed by atoms with Crippen molar-refractivity contribution in [3.63, 3.8) is 0 Å². The van der Waals surface area contributed by atoms with Crippen LogP contribution in [0.1, 0.15) is 70.7 Å². The molecule has 7 nitrogen and oxygen atoms in total. The number of amides is 1. The number of Topliss-reactive ketones (excluding diaryl/α,β-unsaturated/α-hetero) is 1. The first kappa shape index (κ1) is 21.2. The number of guanidine groups is 1. The van der Waals surface area contributed by atoms with E-state index in [1.54, 1.807) is 6.07 Å². The molecular formula is C26H27N5O2. The Kier molecular flexibility index (Phi) is 5.59. The molecule has 1 heterocycles. The van der Waals surface area contributed by atoms with E-state index in [2.05, 4.69) is 27.0 Å². The van der Waals surface area contributed by atoms with Crippen LogP contribution in [0.5, 0.6) is 0 Å². The lowest BCUT2D eigenvalue weighted by Crippen LogP contribution is -2.43. The molecule has 0 spiro atoms. The molecule has 2 aromatic carbocycles. The zero-order valence-electron chi connectivity index (χ0n) is 18.5. The Labute approximate surface area is 193 Å². The van der Waals surface area contributed by atoms with Crippen molar-refractivity contribution in [1.29, 1.82) is 5.26 Å². The molecule has 7 heteroatoms. The summed E-state index contributed by atoms with van der Waals surface area (Å²) in [4.78, 5) is 29.7. The highest BCUT2D eigenvalue weighted by atomic mass is 16.2. The van der Waals surface area contributed by atoms with Crippen molar-refractivity contribution in [3.05, 3.63) is 59.2 Å². The maximum absolute atomic E-state index is 12.7. The third-order valence-electron chi connectivity index (χ3n) is 6.51. The molecule has 5 rings (SSSR count). The van der Waals surface area contributed by atoms with E-state index in [4.69, 9.17) is 0 Å². The summed E-state index contributed by atoms with van der Waals surface area (Å²) in [7, 11) is 0. The van der Waals surface area contributed by atoms with Crippen molar-refractivity contribution in [2.75, 3.05) is 18.4 Å². The van der Waals surface area contributed by atoms with Gasteiger partial charge in [0.2, 0.25) is 0 Å². The van der Waals surface area contributed by atoms with Crippen molar-refractivity contribution in [2.45, 2.75) is 44.4 Å². The van der Waals surface area contributed by atoms with E-state index in [0.29, 0.717) is 23.0 Å². The smallest absolute Gasteiger partial charge is 0.257 e. The molecule has 168 valence electrons. The number of hydrogen-bond acceptors (Lipinski definition) is 6. The maximum atomic E-state index is 12.7. The lowest BCUT2D eigenvalue weighted by Gasteiger charge is -2.17. The number of nitrogens with one attached hydrogen (secondary N) is 3. The van der Waals surface area contributed by atoms with Crippen LogP contribution >= 0.6 is 0 Å². The van der Waals surface area contributed by atoms with Crippen LogP contribution in [0.3, 0.4) is 0 Å². The molecule has 0 atom stereocenters. The number of nitriles is 1. The van der Waals surface area contributed by atoms with Crippen LogP contribution < -0.4 is 16.0 Å². The van der Waals surface area contributed by atoms with Crippen molar-refractivity contribution in [2.24, 2.45) is 10.4 Å². The predicted molar refractivity (Wildman–Crippen MR) is 127 cm³/mol. The van der Waals surface area contributed by atoms with Crippen LogP contribution in [0.15, 0.2) is 47.5 Å². The number of aliphatic imine (C=N–C) groups is 1. The molecule has 0 unspecified atom stereocenters. The van der Waals surface area contributed by atoms with E-state index in [-0.39, 0.29) is 18.1 Å². The molecule has 2 aliphatic carbocycles. The highest BCUT2D eigenvalue weighted by molar-refractivity contribution is 6.06. The highest BCUT2D eigenvalue weighted by Crippen LogP contribution is 2.49. The SMILES string of the molecule is N#CC1(CC(=O)c2cccc(Nc3ccc(C(=O)NC4=NCCCN4)cc3C3CC3)c2)CC1. The topological polar surface area (TPSA) is 106 Å². The largest absolute Gasteiger partial charge is 0.356 e. The molecule has 3 aliphatic rings. The zero-order valence-corrected chi connectivity index (χ0v) is 18.5. The maximum Gasteiger partial charge on any atom is 0.257 e. The van der Waals surface area contributed by atoms with Gasteiger partial charge < -0.3 is 10.6 Å². The average molecular weight is 442 g/mol. The van der Waals surface area contributed by atoms with Gasteiger partial charge in [-0.3, -0.25) is 19.9 Å². The number of anilines is 2. The van der Waals surface area contributed by atoms with E-state index in [1.807, 2.05) is 36.4 Å². The molecular weight excluding hydrogens is 414 g/mol. The number of hydrogen-bond donors (Lipinski definition) is 3. The second kappa shape index (κ2) is 8.70. The van der Waals surface area contributed by atoms with Crippen LogP contribution in [0, 0.1) is 16.7 Å². The second-order valence-electron chi connectivity index (χ2n) is 9.24. The van der Waals surface area contributed by atoms with Gasteiger partial charge in [0.15, 0.2) is 11.7 Å². The van der Waals surface area contributed by atoms with Crippen molar-refractivity contribution < 1.29 is 9.59 Å². The lowest BCUT2D eigenvalue weighted by molar-refractivity contribution is 0.0961. The highest BCUT2D eigenvalue weighted by Gasteiger charge is 2.44. The lowest BCUT2D eigenvalue weighted by atomic mass is 9.96. The summed E-state index contributed by atoms with van der Waals surface area (Å²) in [5.74, 6) is 0.801. The Morgan fingerprint density at radius 2 is 2.00 bits per heavy atom. The number of carbonyl (C=O) groups excluding carboxylic acids is 2. The molecule has 1 aliphatic heterocycles. The van der Waals surface area contributed by atoms with E-state index in [0.717, 1.165) is 62.1 Å². The van der Waals surface area contributed by atoms with Gasteiger partial charge in [0.1, 0.15) is 0 Å². The van der Waals surface area contributed by atoms with Gasteiger partial charge in [0, 0.05) is 42.0 Å². The molecule has 0 saturated heterocycles. The van der Waals surface area contributed by atoms with Crippen LogP contribution in [0.25, 0.3) is 0 Å². The van der Waals surface area contributed by atoms with Crippen LogP contribution in [-0.2, 0) is 0 Å². The van der Waals surface area contributed by atoms with Gasteiger partial charge in [0.25, 0.3) is 5.91 Å². The summed E-state index contributed by atoms with van der Waals surface area (Å²) in [6.07, 6.45) is 5.07. The minimum absolute atomic E-state index is 0.00590. The monoisotopic (exact) mass is 441 g/mol. The van der Waals surface area contributed by atoms with Crippen LogP contribution in [0.2, 0.25) is 0 Å². The van der Waals surface area contributed by atoms with Crippen LogP contribution in [0.4, 0.5) is 11.4 Å². The fraction of sp³-hybridized carbons (Fsp3) is 0.385. The molecule has 2 saturated carbocycles. The van der Waals surface area contributed by atoms with Gasteiger partial charge in [-0.2, -0.15) is 5.26 Å². The molecule has 0 radical (unpaired) electrons. The Bertz CT molecular complexity index is 1170. The first-order valence-electron chi connectivity index (χ1n) is 11.6. The van der Waals surface area contributed by atoms with Crippen molar-refractivity contribution in [3.8, 4) is 6.07 Å². The Morgan fingerprint density at radius 3 is 2.70 bits per heavy atom. The molecule has 0 bridgehead atoms. The number of carbonyl (C=O) groups is 2. The molecule has 1 amide bonds. The quantitative estimate of drug-likeness (QED) is 0.557. The molecule has 3 N–H and O–H groups in total. The average Bonchev–Trinajstić information content (AvgIpc) is 3.76. The fourth-order valence-corrected chi connectivity index (χ4v) is 4.16. The Hall–Kier alpha value is -3.66. The molecule has 0 aromatic heterocycles. The van der Waals surface area contributed by atoms with Gasteiger partial charge in [-0.1, -0.05) is 12.1 Å². The van der Waals surface area contributed by atoms with E-state index >= 15 is 0 Å². The number of ketones is 1. The third-order valence-corrected chi connectivity index (χ3v) is 6.51. The van der Waals surface area contributed by atoms with Crippen molar-refractivity contribution >= 4 is 29.0 Å². The molecule has 2 aromatic rings. The van der Waals surface area contributed by atoms with Gasteiger partial charge in [-0.25, -0.2) is 0 Å². The summed E-state index contributed by atoms with van der Waals surface area (Å²) in [5.41, 5.74) is 3.65. The molecule has 33 heavy (non-hydrogen) atoms. The Morgan fingerprint density at radius 1 is 1.15 bits per heavy atom. The normalized spacial score (nSPS) is 18.3. The minimum atomic E-state index is -0.450. The van der Waals surface area contributed by atoms with Crippen LogP contribution in [-0.4, -0.2) is 30.7 Å². The summed E-state index contributed by atoms with van der Waals surface area (Å²) in [5, 5.41) is 18.7. The summed E-state index contributed by atoms with van der Waals surface area (Å²) in [6, 6.07) is 15.4. The van der Waals surface area contributed by atoms with Gasteiger partial charge in [-0.05, 0) is 73.9 Å². The van der Waals surface area contributed by atoms with E-state index in [9.17, 15) is 14.9 Å². The van der Waals surface area contributed by atoms with E-state index in [1.165, 1.54) is 0 Å². The summed E-state index contributed by atoms with van der Waals surface area (Å²) < 4.78 is 0. The first-order chi connectivity index (χ1) is 16.0. The minimum Gasteiger partial charge on any atom is -0.356 e. The zero-order chi connectivity index (χ0) is 22.8. The van der Waals surface area contributed by atoms with Gasteiger partial charge in [0.05, 0.1) is 11.5 Å².